The number of allylic oxidation sites excluding steroid dienone is 1. The van der Waals surface area contributed by atoms with E-state index in [1.54, 1.807) is 17.8 Å². The van der Waals surface area contributed by atoms with E-state index in [4.69, 9.17) is 20.4 Å². The molecule has 1 aliphatic heterocycles. The molecule has 0 saturated carbocycles. The van der Waals surface area contributed by atoms with Crippen LogP contribution in [0.2, 0.25) is 0 Å². The van der Waals surface area contributed by atoms with E-state index in [0.717, 1.165) is 33.4 Å². The van der Waals surface area contributed by atoms with Crippen LogP contribution < -0.4 is 16.2 Å². The van der Waals surface area contributed by atoms with Crippen LogP contribution in [0.25, 0.3) is 27.6 Å². The van der Waals surface area contributed by atoms with Gasteiger partial charge in [0, 0.05) is 74.3 Å². The number of aromatic nitrogens is 3. The molecule has 224 valence electrons. The Morgan fingerprint density at radius 2 is 1.86 bits per heavy atom. The molecule has 1 saturated heterocycles. The predicted octanol–water partition coefficient (Wildman–Crippen LogP) is 5.89. The molecule has 2 aromatic carbocycles. The summed E-state index contributed by atoms with van der Waals surface area (Å²) in [5.41, 5.74) is 11.3. The standard InChI is InChI=1S/C32H35N6O2.C2H6.U/c1-21(2)17-34-18-26(16-33)30-35-28-11-10-24(25-14-22(3)32(39)37(4)19-25)15-27(28)31(36-30)38-12-13-40-20-29(38)23-8-6-5-7-9-23;1-2;/h5-11,14-16,18-19,29H,12-13,17,20,33H2,1-4H3;1-2H3;/q-1;;/b26-16+,34-18?;;. The van der Waals surface area contributed by atoms with Crippen molar-refractivity contribution in [2.45, 2.75) is 40.7 Å². The number of nitrogens with zero attached hydrogens (tertiary/aromatic N) is 5. The number of morpholine rings is 1. The number of hydrogen-bond acceptors (Lipinski definition) is 7. The molecule has 3 heterocycles. The SMILES string of the molecule is CC.Cc1cc(-c2ccc3nc(/C(C=NC[C-](C)C)=C/N)nc(N4CCOCC4c4ccccc4)c3c2)cn(C)c1=O.[U]. The first-order valence-corrected chi connectivity index (χ1v) is 14.5. The third-order valence-corrected chi connectivity index (χ3v) is 7.03. The number of nitrogens with two attached hydrogens (primary N) is 1. The zero-order valence-corrected chi connectivity index (χ0v) is 30.1. The van der Waals surface area contributed by atoms with Gasteiger partial charge in [-0.3, -0.25) is 10.7 Å². The summed E-state index contributed by atoms with van der Waals surface area (Å²) in [6.07, 6.45) is 5.12. The summed E-state index contributed by atoms with van der Waals surface area (Å²) in [5.74, 6) is 2.53. The van der Waals surface area contributed by atoms with E-state index in [2.05, 4.69) is 28.1 Å². The van der Waals surface area contributed by atoms with Crippen molar-refractivity contribution >= 4 is 28.5 Å². The second-order valence-corrected chi connectivity index (χ2v) is 10.4. The molecule has 2 N–H and O–H groups in total. The van der Waals surface area contributed by atoms with Crippen molar-refractivity contribution in [3.63, 3.8) is 0 Å². The largest absolute Gasteiger partial charge is 0.404 e. The minimum atomic E-state index is -0.0133. The zero-order chi connectivity index (χ0) is 30.2. The van der Waals surface area contributed by atoms with E-state index in [0.29, 0.717) is 43.3 Å². The van der Waals surface area contributed by atoms with E-state index >= 15 is 0 Å². The summed E-state index contributed by atoms with van der Waals surface area (Å²) < 4.78 is 7.55. The average molecular weight is 804 g/mol. The van der Waals surface area contributed by atoms with Gasteiger partial charge in [0.25, 0.3) is 5.56 Å². The summed E-state index contributed by atoms with van der Waals surface area (Å²) >= 11 is 0. The Morgan fingerprint density at radius 3 is 2.53 bits per heavy atom. The van der Waals surface area contributed by atoms with E-state index in [1.165, 1.54) is 12.1 Å². The van der Waals surface area contributed by atoms with Gasteiger partial charge in [0.15, 0.2) is 5.82 Å². The molecule has 1 atom stereocenters. The van der Waals surface area contributed by atoms with Crippen molar-refractivity contribution in [1.29, 1.82) is 0 Å². The summed E-state index contributed by atoms with van der Waals surface area (Å²) in [6, 6.07) is 18.4. The molecule has 9 heteroatoms. The molecule has 0 amide bonds. The number of aliphatic imine (C=N–C) groups is 1. The first-order chi connectivity index (χ1) is 20.4. The first-order valence-electron chi connectivity index (χ1n) is 14.5. The minimum absolute atomic E-state index is 0. The number of aryl methyl sites for hydroxylation is 2. The van der Waals surface area contributed by atoms with E-state index in [1.807, 2.05) is 77.2 Å². The maximum atomic E-state index is 12.3. The summed E-state index contributed by atoms with van der Waals surface area (Å²) in [4.78, 5) is 29.2. The number of benzene rings is 2. The molecule has 0 spiro atoms. The fraction of sp³-hybridized carbons (Fsp3) is 0.324. The van der Waals surface area contributed by atoms with Gasteiger partial charge in [-0.2, -0.15) is 13.8 Å². The number of ether oxygens (including phenoxy) is 1. The second kappa shape index (κ2) is 16.0. The van der Waals surface area contributed by atoms with Crippen LogP contribution in [0, 0.1) is 44.0 Å². The van der Waals surface area contributed by atoms with Crippen molar-refractivity contribution in [2.75, 3.05) is 31.2 Å². The summed E-state index contributed by atoms with van der Waals surface area (Å²) in [6.45, 7) is 12.4. The van der Waals surface area contributed by atoms with Crippen LogP contribution in [-0.2, 0) is 11.8 Å². The van der Waals surface area contributed by atoms with Gasteiger partial charge in [-0.1, -0.05) is 56.8 Å². The molecule has 1 unspecified atom stereocenters. The van der Waals surface area contributed by atoms with Gasteiger partial charge in [0.1, 0.15) is 5.82 Å². The van der Waals surface area contributed by atoms with Gasteiger partial charge in [0.2, 0.25) is 0 Å². The Labute approximate surface area is 278 Å². The van der Waals surface area contributed by atoms with Gasteiger partial charge in [-0.15, -0.1) is 0 Å². The van der Waals surface area contributed by atoms with Crippen LogP contribution in [0.1, 0.15) is 50.7 Å². The molecule has 1 fully saturated rings. The van der Waals surface area contributed by atoms with Crippen molar-refractivity contribution in [1.82, 2.24) is 14.5 Å². The number of fused-ring (bicyclic) bond motifs is 1. The van der Waals surface area contributed by atoms with E-state index in [9.17, 15) is 4.79 Å². The number of anilines is 1. The first kappa shape index (κ1) is 34.2. The van der Waals surface area contributed by atoms with Crippen LogP contribution in [-0.4, -0.2) is 47.1 Å². The number of pyridine rings is 1. The van der Waals surface area contributed by atoms with Crippen molar-refractivity contribution in [3.05, 3.63) is 100 Å². The molecule has 5 rings (SSSR count). The van der Waals surface area contributed by atoms with Gasteiger partial charge in [0.05, 0.1) is 30.3 Å². The normalized spacial score (nSPS) is 15.4. The van der Waals surface area contributed by atoms with Crippen LogP contribution in [0.15, 0.2) is 76.8 Å². The smallest absolute Gasteiger partial charge is 0.253 e. The predicted molar refractivity (Wildman–Crippen MR) is 174 cm³/mol. The number of hydrogen-bond donors (Lipinski definition) is 1. The van der Waals surface area contributed by atoms with Crippen LogP contribution >= 0.6 is 0 Å². The van der Waals surface area contributed by atoms with Crippen molar-refractivity contribution in [2.24, 2.45) is 17.8 Å². The Bertz CT molecular complexity index is 1610. The quantitative estimate of drug-likeness (QED) is 0.185. The Morgan fingerprint density at radius 1 is 1.12 bits per heavy atom. The molecule has 8 nitrogen and oxygen atoms in total. The zero-order valence-electron chi connectivity index (χ0n) is 26.0. The maximum absolute atomic E-state index is 12.3. The number of rotatable bonds is 7. The fourth-order valence-electron chi connectivity index (χ4n) is 4.99. The van der Waals surface area contributed by atoms with Crippen LogP contribution in [0.4, 0.5) is 5.82 Å². The minimum Gasteiger partial charge on any atom is -0.404 e. The fourth-order valence-corrected chi connectivity index (χ4v) is 4.99. The molecule has 43 heavy (non-hydrogen) atoms. The molecule has 1 aliphatic rings. The Kier molecular flexibility index (Phi) is 12.7. The van der Waals surface area contributed by atoms with Crippen molar-refractivity contribution in [3.8, 4) is 11.1 Å². The summed E-state index contributed by atoms with van der Waals surface area (Å²) in [7, 11) is 1.78. The van der Waals surface area contributed by atoms with Gasteiger partial charge in [-0.25, -0.2) is 9.97 Å². The average Bonchev–Trinajstić information content (AvgIpc) is 3.02. The molecule has 0 radical (unpaired) electrons. The molecular formula is C34H41N6O2U-. The van der Waals surface area contributed by atoms with E-state index in [-0.39, 0.29) is 42.7 Å². The van der Waals surface area contributed by atoms with Crippen LogP contribution in [0.3, 0.4) is 0 Å². The third kappa shape index (κ3) is 8.03. The maximum Gasteiger partial charge on any atom is 0.253 e. The molecule has 0 aliphatic carbocycles. The third-order valence-electron chi connectivity index (χ3n) is 7.03. The Balaban J connectivity index is 0.00000165. The molecule has 0 bridgehead atoms. The molecule has 2 aromatic heterocycles. The van der Waals surface area contributed by atoms with Gasteiger partial charge < -0.3 is 24.9 Å². The molecular weight excluding hydrogens is 762 g/mol. The van der Waals surface area contributed by atoms with Crippen LogP contribution in [0.5, 0.6) is 0 Å². The van der Waals surface area contributed by atoms with E-state index < -0.39 is 0 Å². The topological polar surface area (TPSA) is 98.6 Å². The molecule has 4 aromatic rings. The summed E-state index contributed by atoms with van der Waals surface area (Å²) in [5, 5.41) is 0.918. The van der Waals surface area contributed by atoms with Gasteiger partial charge >= 0.3 is 0 Å². The monoisotopic (exact) mass is 803 g/mol. The Hall–Kier alpha value is -3.25. The van der Waals surface area contributed by atoms with Crippen molar-refractivity contribution < 1.29 is 35.9 Å². The second-order valence-electron chi connectivity index (χ2n) is 10.4. The van der Waals surface area contributed by atoms with Gasteiger partial charge in [-0.05, 0) is 41.8 Å².